The highest BCUT2D eigenvalue weighted by Crippen LogP contribution is 2.15. The van der Waals surface area contributed by atoms with Gasteiger partial charge in [-0.1, -0.05) is 5.16 Å². The van der Waals surface area contributed by atoms with E-state index in [1.165, 1.54) is 0 Å². The molecule has 9 heavy (non-hydrogen) atoms. The van der Waals surface area contributed by atoms with Crippen molar-refractivity contribution in [2.24, 2.45) is 0 Å². The average molecular weight is 147 g/mol. The first kappa shape index (κ1) is 6.55. The Morgan fingerprint density at radius 1 is 1.67 bits per heavy atom. The monoisotopic (exact) mass is 146 g/mol. The van der Waals surface area contributed by atoms with Crippen LogP contribution in [0.15, 0.2) is 4.52 Å². The largest absolute Gasteiger partial charge is 0.338 e. The maximum Gasteiger partial charge on any atom is 0.244 e. The van der Waals surface area contributed by atoms with Gasteiger partial charge in [-0.05, 0) is 13.8 Å². The van der Waals surface area contributed by atoms with Gasteiger partial charge in [0, 0.05) is 0 Å². The fourth-order valence-electron chi connectivity index (χ4n) is 0.475. The molecule has 1 aromatic heterocycles. The van der Waals surface area contributed by atoms with E-state index in [2.05, 4.69) is 10.1 Å². The van der Waals surface area contributed by atoms with Crippen LogP contribution in [0.2, 0.25) is 0 Å². The highest BCUT2D eigenvalue weighted by atomic mass is 35.5. The van der Waals surface area contributed by atoms with E-state index in [4.69, 9.17) is 16.1 Å². The summed E-state index contributed by atoms with van der Waals surface area (Å²) in [4.78, 5) is 3.90. The van der Waals surface area contributed by atoms with Gasteiger partial charge < -0.3 is 4.52 Å². The highest BCUT2D eigenvalue weighted by molar-refractivity contribution is 6.20. The van der Waals surface area contributed by atoms with Gasteiger partial charge in [0.05, 0.1) is 0 Å². The molecule has 1 atom stereocenters. The molecule has 0 spiro atoms. The quantitative estimate of drug-likeness (QED) is 0.566. The Hall–Kier alpha value is -0.570. The van der Waals surface area contributed by atoms with Crippen molar-refractivity contribution >= 4 is 11.6 Å². The molecule has 0 saturated carbocycles. The van der Waals surface area contributed by atoms with Crippen molar-refractivity contribution in [3.05, 3.63) is 11.7 Å². The van der Waals surface area contributed by atoms with Crippen LogP contribution in [-0.4, -0.2) is 10.1 Å². The fraction of sp³-hybridized carbons (Fsp3) is 0.600. The maximum atomic E-state index is 5.62. The standard InChI is InChI=1S/C5H7ClN2O/c1-3(6)5-7-4(2)8-9-5/h3H,1-2H3/t3-/m1/s1. The zero-order valence-electron chi connectivity index (χ0n) is 5.26. The molecule has 0 aromatic carbocycles. The predicted molar refractivity (Wildman–Crippen MR) is 33.3 cm³/mol. The molecular weight excluding hydrogens is 140 g/mol. The van der Waals surface area contributed by atoms with Gasteiger partial charge in [-0.3, -0.25) is 0 Å². The number of hydrogen-bond acceptors (Lipinski definition) is 3. The molecule has 1 rings (SSSR count). The first-order chi connectivity index (χ1) is 4.20. The van der Waals surface area contributed by atoms with E-state index in [0.717, 1.165) is 0 Å². The zero-order chi connectivity index (χ0) is 6.85. The summed E-state index contributed by atoms with van der Waals surface area (Å²) in [5.74, 6) is 1.10. The van der Waals surface area contributed by atoms with Gasteiger partial charge in [0.2, 0.25) is 5.89 Å². The molecule has 0 aliphatic carbocycles. The molecule has 1 aromatic rings. The molecule has 3 nitrogen and oxygen atoms in total. The Bertz CT molecular complexity index is 197. The summed E-state index contributed by atoms with van der Waals surface area (Å²) in [7, 11) is 0. The van der Waals surface area contributed by atoms with E-state index in [-0.39, 0.29) is 5.38 Å². The third-order valence-corrected chi connectivity index (χ3v) is 1.07. The number of hydrogen-bond donors (Lipinski definition) is 0. The van der Waals surface area contributed by atoms with Crippen molar-refractivity contribution in [3.8, 4) is 0 Å². The lowest BCUT2D eigenvalue weighted by atomic mass is 10.5. The van der Waals surface area contributed by atoms with Gasteiger partial charge in [-0.15, -0.1) is 11.6 Å². The molecule has 0 aliphatic heterocycles. The van der Waals surface area contributed by atoms with Crippen molar-refractivity contribution < 1.29 is 4.52 Å². The molecule has 0 unspecified atom stereocenters. The Balaban J connectivity index is 2.85. The second-order valence-electron chi connectivity index (χ2n) is 1.80. The summed E-state index contributed by atoms with van der Waals surface area (Å²) in [6.45, 7) is 3.54. The van der Waals surface area contributed by atoms with Crippen molar-refractivity contribution in [1.29, 1.82) is 0 Å². The normalized spacial score (nSPS) is 13.7. The molecule has 4 heteroatoms. The molecule has 0 N–H and O–H groups in total. The highest BCUT2D eigenvalue weighted by Gasteiger charge is 2.07. The lowest BCUT2D eigenvalue weighted by Gasteiger charge is -1.88. The van der Waals surface area contributed by atoms with Crippen LogP contribution in [0.25, 0.3) is 0 Å². The fourth-order valence-corrected chi connectivity index (χ4v) is 0.563. The number of aromatic nitrogens is 2. The molecule has 0 amide bonds. The second-order valence-corrected chi connectivity index (χ2v) is 2.45. The summed E-state index contributed by atoms with van der Waals surface area (Å²) >= 11 is 5.62. The number of rotatable bonds is 1. The van der Waals surface area contributed by atoms with Crippen LogP contribution in [0.5, 0.6) is 0 Å². The Morgan fingerprint density at radius 2 is 2.33 bits per heavy atom. The van der Waals surface area contributed by atoms with Crippen molar-refractivity contribution in [3.63, 3.8) is 0 Å². The molecule has 0 bridgehead atoms. The minimum Gasteiger partial charge on any atom is -0.338 e. The predicted octanol–water partition coefficient (Wildman–Crippen LogP) is 1.68. The van der Waals surface area contributed by atoms with Gasteiger partial charge in [0.25, 0.3) is 0 Å². The van der Waals surface area contributed by atoms with Crippen LogP contribution in [0.3, 0.4) is 0 Å². The molecule has 0 fully saturated rings. The van der Waals surface area contributed by atoms with E-state index in [1.54, 1.807) is 13.8 Å². The smallest absolute Gasteiger partial charge is 0.244 e. The van der Waals surface area contributed by atoms with Crippen LogP contribution in [0.1, 0.15) is 24.0 Å². The van der Waals surface area contributed by atoms with Crippen molar-refractivity contribution in [2.75, 3.05) is 0 Å². The lowest BCUT2D eigenvalue weighted by Crippen LogP contribution is -1.82. The number of nitrogens with zero attached hydrogens (tertiary/aromatic N) is 2. The third-order valence-electron chi connectivity index (χ3n) is 0.884. The van der Waals surface area contributed by atoms with Crippen LogP contribution in [-0.2, 0) is 0 Å². The third kappa shape index (κ3) is 1.42. The van der Waals surface area contributed by atoms with Crippen molar-refractivity contribution in [1.82, 2.24) is 10.1 Å². The van der Waals surface area contributed by atoms with Crippen LogP contribution in [0.4, 0.5) is 0 Å². The zero-order valence-corrected chi connectivity index (χ0v) is 6.01. The van der Waals surface area contributed by atoms with Crippen LogP contribution >= 0.6 is 11.6 Å². The molecule has 50 valence electrons. The SMILES string of the molecule is Cc1noc([C@@H](C)Cl)n1. The Labute approximate surface area is 58.0 Å². The summed E-state index contributed by atoms with van der Waals surface area (Å²) in [6, 6.07) is 0. The van der Waals surface area contributed by atoms with Crippen LogP contribution in [0, 0.1) is 6.92 Å². The number of halogens is 1. The molecular formula is C5H7ClN2O. The Kier molecular flexibility index (Phi) is 1.71. The molecule has 0 saturated heterocycles. The van der Waals surface area contributed by atoms with E-state index >= 15 is 0 Å². The lowest BCUT2D eigenvalue weighted by molar-refractivity contribution is 0.375. The minimum absolute atomic E-state index is 0.189. The minimum atomic E-state index is -0.189. The van der Waals surface area contributed by atoms with Gasteiger partial charge >= 0.3 is 0 Å². The summed E-state index contributed by atoms with van der Waals surface area (Å²) in [5, 5.41) is 3.38. The van der Waals surface area contributed by atoms with Gasteiger partial charge in [-0.25, -0.2) is 0 Å². The van der Waals surface area contributed by atoms with Gasteiger partial charge in [0.1, 0.15) is 5.38 Å². The first-order valence-electron chi connectivity index (χ1n) is 2.64. The average Bonchev–Trinajstić information content (AvgIpc) is 2.14. The summed E-state index contributed by atoms with van der Waals surface area (Å²) in [5.41, 5.74) is 0. The van der Waals surface area contributed by atoms with E-state index in [0.29, 0.717) is 11.7 Å². The van der Waals surface area contributed by atoms with E-state index < -0.39 is 0 Å². The van der Waals surface area contributed by atoms with E-state index in [9.17, 15) is 0 Å². The van der Waals surface area contributed by atoms with E-state index in [1.807, 2.05) is 0 Å². The van der Waals surface area contributed by atoms with Crippen LogP contribution < -0.4 is 0 Å². The summed E-state index contributed by atoms with van der Waals surface area (Å²) < 4.78 is 4.73. The first-order valence-corrected chi connectivity index (χ1v) is 3.08. The van der Waals surface area contributed by atoms with Gasteiger partial charge in [-0.2, -0.15) is 4.98 Å². The van der Waals surface area contributed by atoms with Crippen molar-refractivity contribution in [2.45, 2.75) is 19.2 Å². The second kappa shape index (κ2) is 2.35. The van der Waals surface area contributed by atoms with Gasteiger partial charge in [0.15, 0.2) is 5.82 Å². The molecule has 0 aliphatic rings. The topological polar surface area (TPSA) is 38.9 Å². The number of alkyl halides is 1. The molecule has 1 heterocycles. The number of aryl methyl sites for hydroxylation is 1. The Morgan fingerprint density at radius 3 is 2.56 bits per heavy atom. The molecule has 0 radical (unpaired) electrons. The summed E-state index contributed by atoms with van der Waals surface area (Å²) in [6.07, 6.45) is 0. The maximum absolute atomic E-state index is 5.62.